The van der Waals surface area contributed by atoms with Crippen LogP contribution in [-0.4, -0.2) is 97.7 Å². The summed E-state index contributed by atoms with van der Waals surface area (Å²) < 4.78 is 12.8. The second kappa shape index (κ2) is 33.9. The van der Waals surface area contributed by atoms with Gasteiger partial charge in [0.25, 0.3) is 0 Å². The standard InChI is InChI=1S/C21H18N4O3.C20H14Cl2N4O2.C20H15ClN4O2.C20H16N4O3/c1-28-18-5-3-2-4-16(18)19-17(12-23-21(27)24-19)20(26)14-6-8-15(9-7-14)25-11-10-22-13-25;21-13-3-6-15(17(22)9-13)18-16(10-24-20(28)25-18)19(27)12-1-4-14(5-2-12)26-8-7-23-11-26;21-15-5-1-13(2-6-15)18-17(11-23-20(27)24-18)19(26)14-3-7-16(8-4-14)25-10-9-22-12-25;25-16-7-3-13(4-8-16)18-17(11-22-20(27)23-18)19(26)14-1-5-15(6-2-14)24-10-9-21-12-24/h2-13,19H,1H3,(H2,23,24,27);1-11,18H,(H2,24,25,28);1-12,18H,(H2,23,24,27);1-12,18,25H,(H2,22,23,27). The minimum atomic E-state index is -0.681. The highest BCUT2D eigenvalue weighted by molar-refractivity contribution is 6.35. The molecule has 0 radical (unpaired) electrons. The van der Waals surface area contributed by atoms with Crippen molar-refractivity contribution >= 4 is 82.1 Å². The molecule has 16 rings (SSSR count). The molecule has 4 unspecified atom stereocenters. The largest absolute Gasteiger partial charge is 0.508 e. The first-order valence-corrected chi connectivity index (χ1v) is 34.8. The highest BCUT2D eigenvalue weighted by atomic mass is 35.5. The zero-order valence-corrected chi connectivity index (χ0v) is 60.0. The van der Waals surface area contributed by atoms with E-state index < -0.39 is 30.2 Å². The molecule has 26 nitrogen and oxygen atoms in total. The van der Waals surface area contributed by atoms with Gasteiger partial charge in [0.15, 0.2) is 23.1 Å². The average molecular weight is 1530 g/mol. The van der Waals surface area contributed by atoms with Crippen molar-refractivity contribution in [3.63, 3.8) is 0 Å². The lowest BCUT2D eigenvalue weighted by Crippen LogP contribution is -2.42. The number of phenolic OH excluding ortho intramolecular Hbond substituents is 1. The summed E-state index contributed by atoms with van der Waals surface area (Å²) in [6, 6.07) is 50.4. The Morgan fingerprint density at radius 3 is 1.01 bits per heavy atom. The van der Waals surface area contributed by atoms with Crippen LogP contribution in [0.4, 0.5) is 19.2 Å². The number of imidazole rings is 4. The fourth-order valence-electron chi connectivity index (χ4n) is 12.1. The number of nitrogens with zero attached hydrogens (tertiary/aromatic N) is 8. The first kappa shape index (κ1) is 74.1. The molecule has 4 aliphatic heterocycles. The summed E-state index contributed by atoms with van der Waals surface area (Å²) in [5, 5.41) is 32.2. The van der Waals surface area contributed by atoms with Crippen molar-refractivity contribution in [2.75, 3.05) is 7.11 Å². The Hall–Kier alpha value is -14.2. The van der Waals surface area contributed by atoms with Crippen LogP contribution in [-0.2, 0) is 0 Å². The number of ether oxygens (including phenoxy) is 1. The Morgan fingerprint density at radius 1 is 0.373 bits per heavy atom. The minimum Gasteiger partial charge on any atom is -0.508 e. The fraction of sp³-hybridized carbons (Fsp3) is 0.0617. The molecule has 8 aromatic carbocycles. The van der Waals surface area contributed by atoms with Crippen molar-refractivity contribution in [3.05, 3.63) is 370 Å². The molecule has 4 aliphatic rings. The minimum absolute atomic E-state index is 0.117. The van der Waals surface area contributed by atoms with Gasteiger partial charge >= 0.3 is 24.1 Å². The van der Waals surface area contributed by atoms with Gasteiger partial charge < -0.3 is 70.6 Å². The van der Waals surface area contributed by atoms with Crippen LogP contribution < -0.4 is 47.3 Å². The summed E-state index contributed by atoms with van der Waals surface area (Å²) in [5.74, 6) is -0.0477. The number of urea groups is 4. The first-order valence-electron chi connectivity index (χ1n) is 33.7. The van der Waals surface area contributed by atoms with E-state index in [1.54, 1.807) is 166 Å². The number of carbonyl (C=O) groups is 8. The number of hydrogen-bond donors (Lipinski definition) is 9. The molecule has 110 heavy (non-hydrogen) atoms. The highest BCUT2D eigenvalue weighted by Crippen LogP contribution is 2.36. The maximum atomic E-state index is 13.2. The lowest BCUT2D eigenvalue weighted by molar-refractivity contribution is 0.101. The number of hydrogen-bond acceptors (Lipinski definition) is 14. The molecule has 0 saturated heterocycles. The van der Waals surface area contributed by atoms with Crippen LogP contribution in [0.5, 0.6) is 11.5 Å². The summed E-state index contributed by atoms with van der Waals surface area (Å²) >= 11 is 18.2. The smallest absolute Gasteiger partial charge is 0.319 e. The van der Waals surface area contributed by atoms with Crippen molar-refractivity contribution < 1.29 is 48.2 Å². The molecule has 4 atom stereocenters. The number of benzene rings is 8. The number of para-hydroxylation sites is 1. The summed E-state index contributed by atoms with van der Waals surface area (Å²) in [6.07, 6.45) is 26.6. The van der Waals surface area contributed by atoms with E-state index in [1.165, 1.54) is 36.9 Å². The number of amides is 8. The topological polar surface area (TPSA) is 334 Å². The van der Waals surface area contributed by atoms with Gasteiger partial charge in [-0.3, -0.25) is 19.2 Å². The van der Waals surface area contributed by atoms with Gasteiger partial charge in [-0.05, 0) is 156 Å². The van der Waals surface area contributed by atoms with E-state index in [-0.39, 0.29) is 47.0 Å². The zero-order valence-electron chi connectivity index (χ0n) is 57.8. The zero-order chi connectivity index (χ0) is 76.8. The number of aromatic nitrogens is 8. The summed E-state index contributed by atoms with van der Waals surface area (Å²) in [4.78, 5) is 116. The van der Waals surface area contributed by atoms with E-state index in [0.717, 1.165) is 33.9 Å². The monoisotopic (exact) mass is 1520 g/mol. The van der Waals surface area contributed by atoms with Gasteiger partial charge in [-0.1, -0.05) is 83.3 Å². The van der Waals surface area contributed by atoms with Gasteiger partial charge in [-0.15, -0.1) is 0 Å². The summed E-state index contributed by atoms with van der Waals surface area (Å²) in [7, 11) is 1.56. The number of Topliss-reactive ketones (excluding diaryl/α,β-unsaturated/α-hetero) is 4. The number of methoxy groups -OCH3 is 1. The van der Waals surface area contributed by atoms with Crippen molar-refractivity contribution in [2.45, 2.75) is 24.2 Å². The Labute approximate surface area is 642 Å². The Kier molecular flexibility index (Phi) is 22.8. The molecule has 8 amide bonds. The predicted octanol–water partition coefficient (Wildman–Crippen LogP) is 13.6. The maximum absolute atomic E-state index is 13.2. The molecule has 8 heterocycles. The molecule has 0 spiro atoms. The average Bonchev–Trinajstić information content (AvgIpc) is 0.888. The fourth-order valence-corrected chi connectivity index (χ4v) is 12.8. The number of phenols is 1. The van der Waals surface area contributed by atoms with Crippen LogP contribution in [0.15, 0.2) is 310 Å². The molecule has 0 bridgehead atoms. The van der Waals surface area contributed by atoms with Gasteiger partial charge in [0.05, 0.1) is 56.6 Å². The van der Waals surface area contributed by atoms with Gasteiger partial charge in [0.2, 0.25) is 0 Å². The van der Waals surface area contributed by atoms with E-state index in [0.29, 0.717) is 76.5 Å². The van der Waals surface area contributed by atoms with Crippen molar-refractivity contribution in [1.29, 1.82) is 0 Å². The number of halogens is 3. The molecule has 12 aromatic rings. The molecule has 0 aliphatic carbocycles. The van der Waals surface area contributed by atoms with Crippen LogP contribution in [0.3, 0.4) is 0 Å². The van der Waals surface area contributed by atoms with E-state index in [1.807, 2.05) is 110 Å². The number of nitrogens with one attached hydrogen (secondary N) is 8. The van der Waals surface area contributed by atoms with Crippen LogP contribution >= 0.6 is 34.8 Å². The lowest BCUT2D eigenvalue weighted by atomic mass is 9.91. The highest BCUT2D eigenvalue weighted by Gasteiger charge is 2.34. The second-order valence-electron chi connectivity index (χ2n) is 24.5. The first-order chi connectivity index (χ1) is 53.4. The number of rotatable bonds is 17. The quantitative estimate of drug-likeness (QED) is 0.0383. The number of aromatic hydroxyl groups is 1. The van der Waals surface area contributed by atoms with Crippen molar-refractivity contribution in [2.24, 2.45) is 0 Å². The third-order valence-electron chi connectivity index (χ3n) is 17.7. The normalized spacial score (nSPS) is 16.1. The van der Waals surface area contributed by atoms with Gasteiger partial charge in [-0.25, -0.2) is 39.1 Å². The summed E-state index contributed by atoms with van der Waals surface area (Å²) in [5.41, 5.74) is 10.1. The molecule has 548 valence electrons. The van der Waals surface area contributed by atoms with Gasteiger partial charge in [0.1, 0.15) is 11.5 Å². The summed E-state index contributed by atoms with van der Waals surface area (Å²) in [6.45, 7) is 0. The molecular formula is C81H63Cl3N16O10. The van der Waals surface area contributed by atoms with Crippen LogP contribution in [0.25, 0.3) is 22.7 Å². The molecular weight excluding hydrogens is 1460 g/mol. The Bertz CT molecular complexity index is 5340. The van der Waals surface area contributed by atoms with Crippen LogP contribution in [0.2, 0.25) is 15.1 Å². The Morgan fingerprint density at radius 2 is 0.682 bits per heavy atom. The third kappa shape index (κ3) is 17.3. The molecule has 9 N–H and O–H groups in total. The predicted molar refractivity (Wildman–Crippen MR) is 411 cm³/mol. The molecule has 4 aromatic heterocycles. The van der Waals surface area contributed by atoms with Crippen LogP contribution in [0.1, 0.15) is 87.9 Å². The van der Waals surface area contributed by atoms with Crippen molar-refractivity contribution in [1.82, 2.24) is 80.7 Å². The third-order valence-corrected chi connectivity index (χ3v) is 18.5. The SMILES string of the molecule is COc1ccccc1C1NC(=O)NC=C1C(=O)c1ccc(-n2ccnc2)cc1.O=C1NC=C(C(=O)c2ccc(-n3ccnc3)cc2)C(c2ccc(Cl)cc2)N1.O=C1NC=C(C(=O)c2ccc(-n3ccnc3)cc2)C(c2ccc(Cl)cc2Cl)N1.O=C1NC=C(C(=O)c2ccc(-n3ccnc3)cc2)C(c2ccc(O)cc2)N1. The van der Waals surface area contributed by atoms with E-state index >= 15 is 0 Å². The molecule has 0 saturated carbocycles. The maximum Gasteiger partial charge on any atom is 0.319 e. The number of ketones is 4. The second-order valence-corrected chi connectivity index (χ2v) is 25.8. The van der Waals surface area contributed by atoms with Crippen LogP contribution in [0, 0.1) is 0 Å². The van der Waals surface area contributed by atoms with Gasteiger partial charge in [-0.2, -0.15) is 0 Å². The molecule has 29 heteroatoms. The van der Waals surface area contributed by atoms with E-state index in [2.05, 4.69) is 62.5 Å². The Balaban J connectivity index is 0.000000129. The number of carbonyl (C=O) groups excluding carboxylic acids is 8. The van der Waals surface area contributed by atoms with Gasteiger partial charge in [0, 0.05) is 162 Å². The molecule has 0 fully saturated rings. The van der Waals surface area contributed by atoms with Crippen molar-refractivity contribution in [3.8, 4) is 34.2 Å². The van der Waals surface area contributed by atoms with E-state index in [9.17, 15) is 43.5 Å². The van der Waals surface area contributed by atoms with E-state index in [4.69, 9.17) is 39.5 Å². The lowest BCUT2D eigenvalue weighted by Gasteiger charge is -2.26.